The molecule has 2 aromatic carbocycles. The van der Waals surface area contributed by atoms with Gasteiger partial charge in [0, 0.05) is 113 Å². The van der Waals surface area contributed by atoms with Crippen LogP contribution in [0.4, 0.5) is 0 Å². The van der Waals surface area contributed by atoms with Crippen LogP contribution >= 0.6 is 23.2 Å². The van der Waals surface area contributed by atoms with Crippen LogP contribution in [0.2, 0.25) is 10.0 Å². The molecule has 0 unspecified atom stereocenters. The number of halogens is 2. The molecule has 2 saturated heterocycles. The monoisotopic (exact) mass is 716 g/mol. The van der Waals surface area contributed by atoms with Gasteiger partial charge in [-0.15, -0.1) is 0 Å². The summed E-state index contributed by atoms with van der Waals surface area (Å²) in [7, 11) is 3.25. The van der Waals surface area contributed by atoms with Crippen LogP contribution in [0, 0.1) is 0 Å². The Morgan fingerprint density at radius 3 is 1.28 bits per heavy atom. The number of hydrogen-bond acceptors (Lipinski definition) is 8. The summed E-state index contributed by atoms with van der Waals surface area (Å²) in [4.78, 5) is 41.5. The molecule has 0 N–H and O–H groups in total. The third kappa shape index (κ3) is 7.73. The first-order chi connectivity index (χ1) is 24.2. The highest BCUT2D eigenvalue weighted by atomic mass is 35.5. The van der Waals surface area contributed by atoms with Crippen molar-refractivity contribution in [2.75, 3.05) is 66.6 Å². The molecule has 4 heterocycles. The number of piperazine rings is 2. The van der Waals surface area contributed by atoms with Gasteiger partial charge >= 0.3 is 0 Å². The molecule has 0 radical (unpaired) electrons. The second-order valence-electron chi connectivity index (χ2n) is 12.6. The average molecular weight is 718 g/mol. The Morgan fingerprint density at radius 1 is 0.580 bits per heavy atom. The topological polar surface area (TPSA) is 91.3 Å². The molecule has 0 aliphatic carbocycles. The highest BCUT2D eigenvalue weighted by molar-refractivity contribution is 6.39. The van der Waals surface area contributed by atoms with Crippen LogP contribution in [0.15, 0.2) is 60.7 Å². The van der Waals surface area contributed by atoms with Gasteiger partial charge in [0.1, 0.15) is 0 Å². The second kappa shape index (κ2) is 15.8. The maximum absolute atomic E-state index is 11.7. The molecular formula is C38H42Cl2N6O4. The van der Waals surface area contributed by atoms with Crippen LogP contribution in [0.1, 0.15) is 25.0 Å². The van der Waals surface area contributed by atoms with E-state index in [1.54, 1.807) is 28.1 Å². The minimum atomic E-state index is 0.111. The number of aromatic nitrogens is 2. The fourth-order valence-corrected chi connectivity index (χ4v) is 7.28. The van der Waals surface area contributed by atoms with Crippen LogP contribution in [0.25, 0.3) is 33.6 Å². The van der Waals surface area contributed by atoms with Crippen LogP contribution in [-0.4, -0.2) is 108 Å². The molecule has 6 rings (SSSR count). The fourth-order valence-electron chi connectivity index (χ4n) is 6.63. The van der Waals surface area contributed by atoms with E-state index < -0.39 is 0 Å². The molecule has 0 bridgehead atoms. The first kappa shape index (κ1) is 35.6. The molecule has 2 fully saturated rings. The predicted molar refractivity (Wildman–Crippen MR) is 197 cm³/mol. The van der Waals surface area contributed by atoms with Gasteiger partial charge in [-0.3, -0.25) is 19.4 Å². The number of nitrogens with zero attached hydrogens (tertiary/aromatic N) is 6. The zero-order chi connectivity index (χ0) is 35.4. The largest absolute Gasteiger partial charge is 0.481 e. The van der Waals surface area contributed by atoms with Gasteiger partial charge in [-0.2, -0.15) is 0 Å². The molecule has 262 valence electrons. The van der Waals surface area contributed by atoms with E-state index in [4.69, 9.17) is 42.6 Å². The lowest BCUT2D eigenvalue weighted by Gasteiger charge is -2.34. The fraction of sp³-hybridized carbons (Fsp3) is 0.368. The van der Waals surface area contributed by atoms with E-state index in [9.17, 15) is 9.59 Å². The maximum Gasteiger partial charge on any atom is 0.219 e. The molecule has 12 heteroatoms. The average Bonchev–Trinajstić information content (AvgIpc) is 3.13. The summed E-state index contributed by atoms with van der Waals surface area (Å²) in [5.41, 5.74) is 6.40. The van der Waals surface area contributed by atoms with Crippen LogP contribution in [-0.2, 0) is 22.7 Å². The first-order valence-electron chi connectivity index (χ1n) is 16.8. The molecule has 10 nitrogen and oxygen atoms in total. The van der Waals surface area contributed by atoms with Gasteiger partial charge in [-0.25, -0.2) is 9.97 Å². The van der Waals surface area contributed by atoms with E-state index >= 15 is 0 Å². The van der Waals surface area contributed by atoms with Crippen molar-refractivity contribution in [1.29, 1.82) is 0 Å². The van der Waals surface area contributed by atoms with Gasteiger partial charge in [-0.1, -0.05) is 71.7 Å². The number of benzene rings is 2. The van der Waals surface area contributed by atoms with E-state index in [1.165, 1.54) is 0 Å². The summed E-state index contributed by atoms with van der Waals surface area (Å²) in [5.74, 6) is 1.31. The van der Waals surface area contributed by atoms with Gasteiger partial charge < -0.3 is 19.3 Å². The van der Waals surface area contributed by atoms with Gasteiger partial charge in [0.15, 0.2) is 0 Å². The Kier molecular flexibility index (Phi) is 11.2. The SMILES string of the molecule is COc1nc(-c2cccc(-c3cccc(-c4ccc(CN5CCN(C(C)=O)CC5)c(OC)n4)c3Cl)c2Cl)ccc1CN1CCN(C(C)=O)CC1. The van der Waals surface area contributed by atoms with Crippen molar-refractivity contribution >= 4 is 35.0 Å². The number of pyridine rings is 2. The number of amides is 2. The zero-order valence-electron chi connectivity index (χ0n) is 28.9. The second-order valence-corrected chi connectivity index (χ2v) is 13.4. The van der Waals surface area contributed by atoms with Crippen LogP contribution in [0.5, 0.6) is 11.8 Å². The predicted octanol–water partition coefficient (Wildman–Crippen LogP) is 6.13. The van der Waals surface area contributed by atoms with Crippen molar-refractivity contribution in [2.24, 2.45) is 0 Å². The standard InChI is InChI=1S/C38H42Cl2N6O4/c1-25(47)45-19-15-43(16-20-45)23-27-11-13-33(41-37(27)49-3)31-9-5-7-29(35(31)39)30-8-6-10-32(36(30)40)34-14-12-28(38(42-34)50-4)24-44-17-21-46(22-18-44)26(2)48/h5-14H,15-24H2,1-4H3. The Hall–Kier alpha value is -4.22. The van der Waals surface area contributed by atoms with Gasteiger partial charge in [0.05, 0.1) is 35.7 Å². The molecule has 4 aromatic rings. The Bertz CT molecular complexity index is 1740. The highest BCUT2D eigenvalue weighted by Gasteiger charge is 2.23. The Morgan fingerprint density at radius 2 is 0.940 bits per heavy atom. The summed E-state index contributed by atoms with van der Waals surface area (Å²) in [6, 6.07) is 19.7. The minimum Gasteiger partial charge on any atom is -0.481 e. The van der Waals surface area contributed by atoms with Gasteiger partial charge in [0.2, 0.25) is 23.6 Å². The molecule has 2 amide bonds. The summed E-state index contributed by atoms with van der Waals surface area (Å²) in [5, 5.41) is 1.06. The number of hydrogen-bond donors (Lipinski definition) is 0. The van der Waals surface area contributed by atoms with Crippen molar-refractivity contribution in [3.63, 3.8) is 0 Å². The van der Waals surface area contributed by atoms with Crippen LogP contribution < -0.4 is 9.47 Å². The summed E-state index contributed by atoms with van der Waals surface area (Å²) in [6.45, 7) is 10.6. The maximum atomic E-state index is 11.7. The number of rotatable bonds is 9. The van der Waals surface area contributed by atoms with Gasteiger partial charge in [0.25, 0.3) is 0 Å². The number of ether oxygens (including phenoxy) is 2. The van der Waals surface area contributed by atoms with Gasteiger partial charge in [-0.05, 0) is 12.1 Å². The quantitative estimate of drug-likeness (QED) is 0.204. The zero-order valence-corrected chi connectivity index (χ0v) is 30.4. The van der Waals surface area contributed by atoms with Crippen molar-refractivity contribution in [3.05, 3.63) is 81.8 Å². The lowest BCUT2D eigenvalue weighted by molar-refractivity contribution is -0.131. The summed E-state index contributed by atoms with van der Waals surface area (Å²) in [6.07, 6.45) is 0. The first-order valence-corrected chi connectivity index (χ1v) is 17.5. The van der Waals surface area contributed by atoms with E-state index in [0.29, 0.717) is 72.5 Å². The molecule has 0 atom stereocenters. The Labute approximate surface area is 303 Å². The van der Waals surface area contributed by atoms with E-state index in [2.05, 4.69) is 9.80 Å². The van der Waals surface area contributed by atoms with Crippen molar-refractivity contribution < 1.29 is 19.1 Å². The third-order valence-electron chi connectivity index (χ3n) is 9.53. The van der Waals surface area contributed by atoms with E-state index in [0.717, 1.165) is 59.6 Å². The highest BCUT2D eigenvalue weighted by Crippen LogP contribution is 2.42. The smallest absolute Gasteiger partial charge is 0.219 e. The Balaban J connectivity index is 1.23. The van der Waals surface area contributed by atoms with Crippen molar-refractivity contribution in [2.45, 2.75) is 26.9 Å². The minimum absolute atomic E-state index is 0.111. The normalized spacial score (nSPS) is 15.6. The van der Waals surface area contributed by atoms with E-state index in [1.807, 2.05) is 70.5 Å². The van der Waals surface area contributed by atoms with Crippen molar-refractivity contribution in [3.8, 4) is 45.4 Å². The molecule has 2 aliphatic heterocycles. The van der Waals surface area contributed by atoms with E-state index in [-0.39, 0.29) is 11.8 Å². The third-order valence-corrected chi connectivity index (χ3v) is 10.3. The lowest BCUT2D eigenvalue weighted by atomic mass is 9.98. The number of carbonyl (C=O) groups excluding carboxylic acids is 2. The summed E-state index contributed by atoms with van der Waals surface area (Å²) >= 11 is 14.2. The molecule has 2 aliphatic rings. The molecule has 0 spiro atoms. The molecule has 2 aromatic heterocycles. The molecule has 0 saturated carbocycles. The lowest BCUT2D eigenvalue weighted by Crippen LogP contribution is -2.47. The molecular weight excluding hydrogens is 675 g/mol. The number of methoxy groups -OCH3 is 2. The summed E-state index contributed by atoms with van der Waals surface area (Å²) < 4.78 is 11.5. The van der Waals surface area contributed by atoms with Crippen molar-refractivity contribution in [1.82, 2.24) is 29.6 Å². The molecule has 50 heavy (non-hydrogen) atoms. The number of carbonyl (C=O) groups is 2. The van der Waals surface area contributed by atoms with Crippen LogP contribution in [0.3, 0.4) is 0 Å².